The molecule has 3 heterocycles. The fourth-order valence-electron chi connectivity index (χ4n) is 3.48. The lowest BCUT2D eigenvalue weighted by molar-refractivity contribution is 0.0612. The smallest absolute Gasteiger partial charge is 0.277 e. The molecular formula is C21H24N6O3. The molecule has 0 atom stereocenters. The van der Waals surface area contributed by atoms with Crippen LogP contribution >= 0.6 is 0 Å². The molecular weight excluding hydrogens is 384 g/mol. The van der Waals surface area contributed by atoms with Gasteiger partial charge in [-0.1, -0.05) is 35.0 Å². The van der Waals surface area contributed by atoms with Gasteiger partial charge in [-0.15, -0.1) is 0 Å². The van der Waals surface area contributed by atoms with Gasteiger partial charge in [-0.2, -0.15) is 10.1 Å². The lowest BCUT2D eigenvalue weighted by Gasteiger charge is -2.34. The molecule has 0 bridgehead atoms. The molecule has 1 fully saturated rings. The van der Waals surface area contributed by atoms with E-state index in [1.54, 1.807) is 18.7 Å². The summed E-state index contributed by atoms with van der Waals surface area (Å²) in [7, 11) is 0. The molecule has 9 nitrogen and oxygen atoms in total. The number of hydrogen-bond donors (Lipinski definition) is 1. The Morgan fingerprint density at radius 3 is 2.50 bits per heavy atom. The number of benzene rings is 1. The van der Waals surface area contributed by atoms with E-state index in [2.05, 4.69) is 25.2 Å². The monoisotopic (exact) mass is 408 g/mol. The van der Waals surface area contributed by atoms with Crippen molar-refractivity contribution in [3.8, 4) is 11.4 Å². The number of carbonyl (C=O) groups is 1. The van der Waals surface area contributed by atoms with E-state index >= 15 is 0 Å². The average Bonchev–Trinajstić information content (AvgIpc) is 3.20. The standard InChI is InChI=1S/C21H24N6O3/c1-13-4-6-16(7-5-13)19-22-17(30-25-19)12-26-8-10-27(11-9-26)21(29)18-14(2)15(3)23-24-20(18)28/h4-7H,8-12H2,1-3H3,(H,24,28). The molecule has 1 aromatic carbocycles. The first-order valence-electron chi connectivity index (χ1n) is 9.89. The van der Waals surface area contributed by atoms with E-state index < -0.39 is 5.56 Å². The summed E-state index contributed by atoms with van der Waals surface area (Å²) in [6.45, 7) is 8.45. The van der Waals surface area contributed by atoms with Crippen LogP contribution in [0.2, 0.25) is 0 Å². The SMILES string of the molecule is Cc1ccc(-c2noc(CN3CCN(C(=O)c4c(C)c(C)n[nH]c4=O)CC3)n2)cc1. The van der Waals surface area contributed by atoms with Gasteiger partial charge in [0, 0.05) is 31.7 Å². The third-order valence-corrected chi connectivity index (χ3v) is 5.48. The van der Waals surface area contributed by atoms with Crippen molar-refractivity contribution in [2.24, 2.45) is 0 Å². The molecule has 1 saturated heterocycles. The quantitative estimate of drug-likeness (QED) is 0.700. The Labute approximate surface area is 173 Å². The third kappa shape index (κ3) is 4.02. The summed E-state index contributed by atoms with van der Waals surface area (Å²) >= 11 is 0. The molecule has 2 aromatic heterocycles. The Hall–Kier alpha value is -3.33. The van der Waals surface area contributed by atoms with Gasteiger partial charge in [-0.3, -0.25) is 14.5 Å². The van der Waals surface area contributed by atoms with Crippen LogP contribution in [0.3, 0.4) is 0 Å². The normalized spacial score (nSPS) is 14.8. The van der Waals surface area contributed by atoms with E-state index in [1.807, 2.05) is 31.2 Å². The third-order valence-electron chi connectivity index (χ3n) is 5.48. The van der Waals surface area contributed by atoms with Crippen molar-refractivity contribution in [2.75, 3.05) is 26.2 Å². The largest absolute Gasteiger partial charge is 0.338 e. The van der Waals surface area contributed by atoms with Gasteiger partial charge in [-0.25, -0.2) is 5.10 Å². The predicted molar refractivity (Wildman–Crippen MR) is 110 cm³/mol. The van der Waals surface area contributed by atoms with Gasteiger partial charge < -0.3 is 9.42 Å². The second kappa shape index (κ2) is 8.19. The fraction of sp³-hybridized carbons (Fsp3) is 0.381. The van der Waals surface area contributed by atoms with Crippen molar-refractivity contribution in [1.82, 2.24) is 30.1 Å². The molecule has 0 saturated carbocycles. The number of amides is 1. The molecule has 156 valence electrons. The number of piperazine rings is 1. The minimum atomic E-state index is -0.444. The number of aromatic amines is 1. The number of aryl methyl sites for hydroxylation is 2. The van der Waals surface area contributed by atoms with Gasteiger partial charge in [0.05, 0.1) is 12.2 Å². The van der Waals surface area contributed by atoms with Crippen molar-refractivity contribution in [3.05, 3.63) is 62.9 Å². The maximum Gasteiger partial charge on any atom is 0.277 e. The van der Waals surface area contributed by atoms with Crippen molar-refractivity contribution in [1.29, 1.82) is 0 Å². The highest BCUT2D eigenvalue weighted by molar-refractivity contribution is 5.95. The van der Waals surface area contributed by atoms with Crippen molar-refractivity contribution in [3.63, 3.8) is 0 Å². The summed E-state index contributed by atoms with van der Waals surface area (Å²) in [5.74, 6) is 0.863. The summed E-state index contributed by atoms with van der Waals surface area (Å²) in [4.78, 5) is 33.3. The maximum atomic E-state index is 12.9. The zero-order valence-electron chi connectivity index (χ0n) is 17.3. The van der Waals surface area contributed by atoms with Crippen LogP contribution in [-0.4, -0.2) is 62.2 Å². The first-order chi connectivity index (χ1) is 14.4. The van der Waals surface area contributed by atoms with Crippen molar-refractivity contribution < 1.29 is 9.32 Å². The Balaban J connectivity index is 1.38. The number of H-pyrrole nitrogens is 1. The number of aromatic nitrogens is 4. The molecule has 0 aliphatic carbocycles. The number of nitrogens with zero attached hydrogens (tertiary/aromatic N) is 5. The second-order valence-corrected chi connectivity index (χ2v) is 7.58. The zero-order chi connectivity index (χ0) is 21.3. The first-order valence-corrected chi connectivity index (χ1v) is 9.89. The van der Waals surface area contributed by atoms with E-state index in [1.165, 1.54) is 5.56 Å². The molecule has 3 aromatic rings. The van der Waals surface area contributed by atoms with Crippen LogP contribution in [0.25, 0.3) is 11.4 Å². The maximum absolute atomic E-state index is 12.9. The zero-order valence-corrected chi connectivity index (χ0v) is 17.3. The van der Waals surface area contributed by atoms with Gasteiger partial charge in [0.25, 0.3) is 11.5 Å². The number of nitrogens with one attached hydrogen (secondary N) is 1. The lowest BCUT2D eigenvalue weighted by atomic mass is 10.1. The van der Waals surface area contributed by atoms with Gasteiger partial charge >= 0.3 is 0 Å². The Kier molecular flexibility index (Phi) is 5.45. The van der Waals surface area contributed by atoms with Crippen LogP contribution in [0.1, 0.15) is 33.1 Å². The van der Waals surface area contributed by atoms with Crippen molar-refractivity contribution >= 4 is 5.91 Å². The summed E-state index contributed by atoms with van der Waals surface area (Å²) in [6, 6.07) is 7.97. The van der Waals surface area contributed by atoms with Crippen LogP contribution in [0.4, 0.5) is 0 Å². The van der Waals surface area contributed by atoms with Crippen LogP contribution < -0.4 is 5.56 Å². The van der Waals surface area contributed by atoms with Crippen LogP contribution in [0.15, 0.2) is 33.6 Å². The molecule has 9 heteroatoms. The van der Waals surface area contributed by atoms with E-state index in [0.717, 1.165) is 5.56 Å². The molecule has 4 rings (SSSR count). The summed E-state index contributed by atoms with van der Waals surface area (Å²) in [6.07, 6.45) is 0. The lowest BCUT2D eigenvalue weighted by Crippen LogP contribution is -2.49. The Morgan fingerprint density at radius 1 is 1.10 bits per heavy atom. The minimum absolute atomic E-state index is 0.176. The molecule has 1 aliphatic heterocycles. The highest BCUT2D eigenvalue weighted by atomic mass is 16.5. The highest BCUT2D eigenvalue weighted by Crippen LogP contribution is 2.18. The molecule has 0 radical (unpaired) electrons. The van der Waals surface area contributed by atoms with E-state index in [4.69, 9.17) is 4.52 Å². The summed E-state index contributed by atoms with van der Waals surface area (Å²) < 4.78 is 5.40. The topological polar surface area (TPSA) is 108 Å². The van der Waals surface area contributed by atoms with Crippen LogP contribution in [-0.2, 0) is 6.54 Å². The first kappa shape index (κ1) is 20.0. The summed E-state index contributed by atoms with van der Waals surface area (Å²) in [5.41, 5.74) is 3.10. The minimum Gasteiger partial charge on any atom is -0.338 e. The molecule has 0 unspecified atom stereocenters. The second-order valence-electron chi connectivity index (χ2n) is 7.58. The van der Waals surface area contributed by atoms with Gasteiger partial charge in [-0.05, 0) is 26.3 Å². The predicted octanol–water partition coefficient (Wildman–Crippen LogP) is 1.70. The van der Waals surface area contributed by atoms with Crippen LogP contribution in [0, 0.1) is 20.8 Å². The number of carbonyl (C=O) groups excluding carboxylic acids is 1. The highest BCUT2D eigenvalue weighted by Gasteiger charge is 2.26. The fourth-order valence-corrected chi connectivity index (χ4v) is 3.48. The molecule has 0 spiro atoms. The van der Waals surface area contributed by atoms with Gasteiger partial charge in [0.2, 0.25) is 11.7 Å². The molecule has 1 aliphatic rings. The molecule has 1 N–H and O–H groups in total. The van der Waals surface area contributed by atoms with Gasteiger partial charge in [0.1, 0.15) is 5.56 Å². The van der Waals surface area contributed by atoms with Gasteiger partial charge in [0.15, 0.2) is 0 Å². The molecule has 1 amide bonds. The molecule has 30 heavy (non-hydrogen) atoms. The summed E-state index contributed by atoms with van der Waals surface area (Å²) in [5, 5.41) is 10.4. The Bertz CT molecular complexity index is 1110. The Morgan fingerprint density at radius 2 is 1.80 bits per heavy atom. The van der Waals surface area contributed by atoms with Crippen molar-refractivity contribution in [2.45, 2.75) is 27.3 Å². The number of hydrogen-bond acceptors (Lipinski definition) is 7. The van der Waals surface area contributed by atoms with Crippen LogP contribution in [0.5, 0.6) is 0 Å². The average molecular weight is 408 g/mol. The van der Waals surface area contributed by atoms with E-state index in [9.17, 15) is 9.59 Å². The van der Waals surface area contributed by atoms with E-state index in [-0.39, 0.29) is 11.5 Å². The number of rotatable bonds is 4. The van der Waals surface area contributed by atoms with E-state index in [0.29, 0.717) is 55.7 Å².